The van der Waals surface area contributed by atoms with Gasteiger partial charge in [-0.15, -0.1) is 0 Å². The van der Waals surface area contributed by atoms with Gasteiger partial charge in [0.1, 0.15) is 11.5 Å². The van der Waals surface area contributed by atoms with E-state index in [1.165, 1.54) is 0 Å². The Morgan fingerprint density at radius 3 is 2.04 bits per heavy atom. The van der Waals surface area contributed by atoms with Crippen molar-refractivity contribution in [2.75, 3.05) is 13.2 Å². The van der Waals surface area contributed by atoms with Crippen LogP contribution in [0, 0.1) is 6.92 Å². The number of amides is 2. The molecule has 0 atom stereocenters. The Hall–Kier alpha value is -2.25. The molecular weight excluding hydrogens is 412 g/mol. The zero-order chi connectivity index (χ0) is 18.2. The van der Waals surface area contributed by atoms with Crippen molar-refractivity contribution in [1.82, 2.24) is 10.9 Å². The molecule has 0 aliphatic carbocycles. The molecule has 8 heteroatoms. The molecule has 0 aromatic heterocycles. The Balaban J connectivity index is 1.67. The van der Waals surface area contributed by atoms with Crippen molar-refractivity contribution >= 4 is 39.3 Å². The standard InChI is InChI=1S/C17H16BrClN2O4/c1-11-8-14(6-7-15(11)18)25-10-17(23)21-20-16(22)9-24-13-4-2-12(19)3-5-13/h2-8H,9-10H2,1H3,(H,20,22)(H,21,23). The summed E-state index contributed by atoms with van der Waals surface area (Å²) in [4.78, 5) is 23.3. The zero-order valence-corrected chi connectivity index (χ0v) is 15.7. The van der Waals surface area contributed by atoms with Gasteiger partial charge in [0.05, 0.1) is 0 Å². The van der Waals surface area contributed by atoms with E-state index in [0.717, 1.165) is 10.0 Å². The number of hydrazine groups is 1. The van der Waals surface area contributed by atoms with Crippen molar-refractivity contribution in [2.45, 2.75) is 6.92 Å². The fraction of sp³-hybridized carbons (Fsp3) is 0.176. The monoisotopic (exact) mass is 426 g/mol. The fourth-order valence-corrected chi connectivity index (χ4v) is 2.12. The highest BCUT2D eigenvalue weighted by molar-refractivity contribution is 9.10. The summed E-state index contributed by atoms with van der Waals surface area (Å²) in [7, 11) is 0. The molecule has 2 aromatic rings. The number of rotatable bonds is 6. The van der Waals surface area contributed by atoms with E-state index in [-0.39, 0.29) is 13.2 Å². The molecule has 2 aromatic carbocycles. The number of hydrogen-bond acceptors (Lipinski definition) is 4. The second kappa shape index (κ2) is 9.29. The van der Waals surface area contributed by atoms with Crippen LogP contribution in [0.15, 0.2) is 46.9 Å². The lowest BCUT2D eigenvalue weighted by molar-refractivity contribution is -0.131. The number of aryl methyl sites for hydroxylation is 1. The molecule has 132 valence electrons. The molecule has 0 spiro atoms. The van der Waals surface area contributed by atoms with Crippen LogP contribution < -0.4 is 20.3 Å². The summed E-state index contributed by atoms with van der Waals surface area (Å²) in [5, 5.41) is 0.574. The van der Waals surface area contributed by atoms with E-state index in [1.54, 1.807) is 36.4 Å². The zero-order valence-electron chi connectivity index (χ0n) is 13.3. The van der Waals surface area contributed by atoms with Crippen LogP contribution in [-0.2, 0) is 9.59 Å². The summed E-state index contributed by atoms with van der Waals surface area (Å²) in [6, 6.07) is 12.0. The quantitative estimate of drug-likeness (QED) is 0.695. The third-order valence-corrected chi connectivity index (χ3v) is 4.17. The lowest BCUT2D eigenvalue weighted by Gasteiger charge is -2.10. The van der Waals surface area contributed by atoms with Crippen LogP contribution >= 0.6 is 27.5 Å². The van der Waals surface area contributed by atoms with E-state index in [1.807, 2.05) is 13.0 Å². The highest BCUT2D eigenvalue weighted by Crippen LogP contribution is 2.21. The van der Waals surface area contributed by atoms with Gasteiger partial charge in [-0.25, -0.2) is 0 Å². The third-order valence-electron chi connectivity index (χ3n) is 3.02. The van der Waals surface area contributed by atoms with E-state index >= 15 is 0 Å². The summed E-state index contributed by atoms with van der Waals surface area (Å²) >= 11 is 9.14. The molecule has 2 rings (SSSR count). The van der Waals surface area contributed by atoms with Crippen molar-refractivity contribution < 1.29 is 19.1 Å². The first kappa shape index (κ1) is 19.1. The number of nitrogens with one attached hydrogen (secondary N) is 2. The number of benzene rings is 2. The topological polar surface area (TPSA) is 76.7 Å². The van der Waals surface area contributed by atoms with Crippen molar-refractivity contribution in [3.05, 3.63) is 57.5 Å². The van der Waals surface area contributed by atoms with Crippen LogP contribution in [0.1, 0.15) is 5.56 Å². The van der Waals surface area contributed by atoms with Gasteiger partial charge < -0.3 is 9.47 Å². The Kier molecular flexibility index (Phi) is 7.09. The first-order chi connectivity index (χ1) is 11.9. The number of carbonyl (C=O) groups excluding carboxylic acids is 2. The molecule has 0 heterocycles. The van der Waals surface area contributed by atoms with Crippen molar-refractivity contribution in [3.8, 4) is 11.5 Å². The van der Waals surface area contributed by atoms with E-state index in [4.69, 9.17) is 21.1 Å². The van der Waals surface area contributed by atoms with Crippen LogP contribution in [0.25, 0.3) is 0 Å². The highest BCUT2D eigenvalue weighted by atomic mass is 79.9. The van der Waals surface area contributed by atoms with Gasteiger partial charge in [0, 0.05) is 9.50 Å². The predicted molar refractivity (Wildman–Crippen MR) is 97.6 cm³/mol. The minimum Gasteiger partial charge on any atom is -0.484 e. The van der Waals surface area contributed by atoms with Gasteiger partial charge in [0.15, 0.2) is 13.2 Å². The van der Waals surface area contributed by atoms with E-state index in [9.17, 15) is 9.59 Å². The maximum atomic E-state index is 11.7. The third kappa shape index (κ3) is 6.64. The van der Waals surface area contributed by atoms with Gasteiger partial charge >= 0.3 is 0 Å². The molecule has 0 saturated carbocycles. The van der Waals surface area contributed by atoms with E-state index in [0.29, 0.717) is 16.5 Å². The van der Waals surface area contributed by atoms with Crippen molar-refractivity contribution in [3.63, 3.8) is 0 Å². The van der Waals surface area contributed by atoms with Crippen LogP contribution in [0.3, 0.4) is 0 Å². The molecule has 2 amide bonds. The van der Waals surface area contributed by atoms with Gasteiger partial charge in [-0.1, -0.05) is 27.5 Å². The van der Waals surface area contributed by atoms with Crippen LogP contribution in [0.2, 0.25) is 5.02 Å². The molecule has 0 saturated heterocycles. The first-order valence-electron chi connectivity index (χ1n) is 7.29. The molecule has 0 fully saturated rings. The van der Waals surface area contributed by atoms with E-state index in [2.05, 4.69) is 26.8 Å². The highest BCUT2D eigenvalue weighted by Gasteiger charge is 2.07. The Morgan fingerprint density at radius 2 is 1.48 bits per heavy atom. The van der Waals surface area contributed by atoms with Crippen molar-refractivity contribution in [1.29, 1.82) is 0 Å². The molecule has 0 aliphatic rings. The Morgan fingerprint density at radius 1 is 0.960 bits per heavy atom. The smallest absolute Gasteiger partial charge is 0.276 e. The molecule has 25 heavy (non-hydrogen) atoms. The van der Waals surface area contributed by atoms with Gasteiger partial charge in [-0.05, 0) is 55.0 Å². The average Bonchev–Trinajstić information content (AvgIpc) is 2.60. The maximum Gasteiger partial charge on any atom is 0.276 e. The summed E-state index contributed by atoms with van der Waals surface area (Å²) < 4.78 is 11.6. The van der Waals surface area contributed by atoms with Gasteiger partial charge in [0.2, 0.25) is 0 Å². The summed E-state index contributed by atoms with van der Waals surface area (Å²) in [5.41, 5.74) is 5.49. The van der Waals surface area contributed by atoms with Crippen molar-refractivity contribution in [2.24, 2.45) is 0 Å². The van der Waals surface area contributed by atoms with E-state index < -0.39 is 11.8 Å². The second-order valence-electron chi connectivity index (χ2n) is 5.04. The summed E-state index contributed by atoms with van der Waals surface area (Å²) in [6.07, 6.45) is 0. The van der Waals surface area contributed by atoms with Crippen LogP contribution in [-0.4, -0.2) is 25.0 Å². The van der Waals surface area contributed by atoms with Crippen LogP contribution in [0.4, 0.5) is 0 Å². The number of hydrogen-bond donors (Lipinski definition) is 2. The number of ether oxygens (including phenoxy) is 2. The molecule has 0 unspecified atom stereocenters. The number of carbonyl (C=O) groups is 2. The van der Waals surface area contributed by atoms with Gasteiger partial charge in [-0.2, -0.15) is 0 Å². The van der Waals surface area contributed by atoms with Gasteiger partial charge in [0.25, 0.3) is 11.8 Å². The molecule has 6 nitrogen and oxygen atoms in total. The summed E-state index contributed by atoms with van der Waals surface area (Å²) in [6.45, 7) is 1.45. The first-order valence-corrected chi connectivity index (χ1v) is 8.46. The normalized spacial score (nSPS) is 10.0. The minimum absolute atomic E-state index is 0.223. The van der Waals surface area contributed by atoms with Crippen LogP contribution in [0.5, 0.6) is 11.5 Å². The lowest BCUT2D eigenvalue weighted by Crippen LogP contribution is -2.45. The molecule has 0 bridgehead atoms. The maximum absolute atomic E-state index is 11.7. The minimum atomic E-state index is -0.497. The number of halogens is 2. The molecule has 0 radical (unpaired) electrons. The Labute approximate surface area is 158 Å². The lowest BCUT2D eigenvalue weighted by atomic mass is 10.2. The SMILES string of the molecule is Cc1cc(OCC(=O)NNC(=O)COc2ccc(Cl)cc2)ccc1Br. The fourth-order valence-electron chi connectivity index (χ4n) is 1.75. The average molecular weight is 428 g/mol. The predicted octanol–water partition coefficient (Wildman–Crippen LogP) is 3.02. The molecule has 0 aliphatic heterocycles. The second-order valence-corrected chi connectivity index (χ2v) is 6.33. The molecule has 2 N–H and O–H groups in total. The Bertz CT molecular complexity index is 753. The van der Waals surface area contributed by atoms with Gasteiger partial charge in [-0.3, -0.25) is 20.4 Å². The molecular formula is C17H16BrClN2O4. The largest absolute Gasteiger partial charge is 0.484 e. The summed E-state index contributed by atoms with van der Waals surface area (Å²) in [5.74, 6) is 0.0799.